The zero-order chi connectivity index (χ0) is 17.0. The standard InChI is InChI=1S/C22H13NO2/c24-21-8-9-22(25)23(21)20-7-3-6-16-12-17-10-14-4-1-2-5-15(14)11-18(17)13-19(16)20/h1-13H. The Balaban J connectivity index is 1.83. The van der Waals surface area contributed by atoms with Crippen molar-refractivity contribution in [3.63, 3.8) is 0 Å². The van der Waals surface area contributed by atoms with Gasteiger partial charge in [0.05, 0.1) is 5.69 Å². The van der Waals surface area contributed by atoms with E-state index in [9.17, 15) is 9.59 Å². The number of benzene rings is 4. The predicted octanol–water partition coefficient (Wildman–Crippen LogP) is 4.58. The van der Waals surface area contributed by atoms with Crippen molar-refractivity contribution in [1.82, 2.24) is 0 Å². The lowest BCUT2D eigenvalue weighted by Gasteiger charge is -2.17. The van der Waals surface area contributed by atoms with E-state index < -0.39 is 0 Å². The van der Waals surface area contributed by atoms with Crippen molar-refractivity contribution >= 4 is 49.8 Å². The predicted molar refractivity (Wildman–Crippen MR) is 101 cm³/mol. The summed E-state index contributed by atoms with van der Waals surface area (Å²) in [5.74, 6) is -0.591. The SMILES string of the molecule is O=C1C=CC(=O)N1c1cccc2cc3cc4ccccc4cc3cc12. The number of amides is 2. The number of anilines is 1. The Morgan fingerprint density at radius 3 is 1.80 bits per heavy atom. The molecule has 0 radical (unpaired) electrons. The van der Waals surface area contributed by atoms with Crippen molar-refractivity contribution < 1.29 is 9.59 Å². The lowest BCUT2D eigenvalue weighted by Crippen LogP contribution is -2.29. The number of hydrogen-bond donors (Lipinski definition) is 0. The number of fused-ring (bicyclic) bond motifs is 3. The van der Waals surface area contributed by atoms with Gasteiger partial charge in [-0.2, -0.15) is 0 Å². The molecule has 0 N–H and O–H groups in total. The van der Waals surface area contributed by atoms with Gasteiger partial charge in [0.1, 0.15) is 0 Å². The Morgan fingerprint density at radius 1 is 0.560 bits per heavy atom. The fourth-order valence-corrected chi connectivity index (χ4v) is 3.53. The summed E-state index contributed by atoms with van der Waals surface area (Å²) < 4.78 is 0. The molecule has 25 heavy (non-hydrogen) atoms. The van der Waals surface area contributed by atoms with E-state index in [1.54, 1.807) is 0 Å². The van der Waals surface area contributed by atoms with Gasteiger partial charge in [0, 0.05) is 17.5 Å². The van der Waals surface area contributed by atoms with Gasteiger partial charge in [-0.3, -0.25) is 9.59 Å². The number of imide groups is 1. The molecule has 3 heteroatoms. The minimum absolute atomic E-state index is 0.295. The summed E-state index contributed by atoms with van der Waals surface area (Å²) in [6.07, 6.45) is 2.63. The van der Waals surface area contributed by atoms with Crippen LogP contribution in [0.3, 0.4) is 0 Å². The minimum Gasteiger partial charge on any atom is -0.269 e. The van der Waals surface area contributed by atoms with Gasteiger partial charge < -0.3 is 0 Å². The van der Waals surface area contributed by atoms with Crippen molar-refractivity contribution in [3.8, 4) is 0 Å². The Bertz CT molecular complexity index is 1220. The second-order valence-electron chi connectivity index (χ2n) is 6.24. The van der Waals surface area contributed by atoms with Gasteiger partial charge in [0.25, 0.3) is 11.8 Å². The zero-order valence-electron chi connectivity index (χ0n) is 13.3. The van der Waals surface area contributed by atoms with Gasteiger partial charge in [-0.25, -0.2) is 4.90 Å². The summed E-state index contributed by atoms with van der Waals surface area (Å²) in [5, 5.41) is 6.50. The van der Waals surface area contributed by atoms with Gasteiger partial charge in [-0.05, 0) is 57.3 Å². The van der Waals surface area contributed by atoms with Crippen LogP contribution in [0.2, 0.25) is 0 Å². The van der Waals surface area contributed by atoms with E-state index in [0.717, 1.165) is 21.5 Å². The molecule has 0 aromatic heterocycles. The molecule has 4 aromatic rings. The Kier molecular flexibility index (Phi) is 2.80. The molecule has 0 atom stereocenters. The summed E-state index contributed by atoms with van der Waals surface area (Å²) >= 11 is 0. The number of carbonyl (C=O) groups is 2. The Labute approximate surface area is 143 Å². The van der Waals surface area contributed by atoms with Gasteiger partial charge in [0.2, 0.25) is 0 Å². The summed E-state index contributed by atoms with van der Waals surface area (Å²) in [4.78, 5) is 25.4. The molecule has 4 aromatic carbocycles. The topological polar surface area (TPSA) is 37.4 Å². The average molecular weight is 323 g/mol. The third-order valence-electron chi connectivity index (χ3n) is 4.73. The van der Waals surface area contributed by atoms with Crippen molar-refractivity contribution in [2.45, 2.75) is 0 Å². The van der Waals surface area contributed by atoms with Crippen LogP contribution in [0, 0.1) is 0 Å². The highest BCUT2D eigenvalue weighted by atomic mass is 16.2. The normalized spacial score (nSPS) is 14.3. The number of hydrogen-bond acceptors (Lipinski definition) is 2. The molecule has 0 bridgehead atoms. The highest BCUT2D eigenvalue weighted by molar-refractivity contribution is 6.30. The van der Waals surface area contributed by atoms with Gasteiger partial charge in [-0.1, -0.05) is 36.4 Å². The monoisotopic (exact) mass is 323 g/mol. The van der Waals surface area contributed by atoms with Crippen LogP contribution in [0.25, 0.3) is 32.3 Å². The second kappa shape index (κ2) is 5.02. The first-order chi connectivity index (χ1) is 12.2. The van der Waals surface area contributed by atoms with Crippen LogP contribution in [0.5, 0.6) is 0 Å². The van der Waals surface area contributed by atoms with E-state index in [4.69, 9.17) is 0 Å². The Hall–Kier alpha value is -3.46. The third-order valence-corrected chi connectivity index (χ3v) is 4.73. The number of rotatable bonds is 1. The molecule has 5 rings (SSSR count). The molecule has 2 amide bonds. The molecule has 1 aliphatic rings. The quantitative estimate of drug-likeness (QED) is 0.380. The van der Waals surface area contributed by atoms with Crippen molar-refractivity contribution in [2.75, 3.05) is 4.90 Å². The molecular formula is C22H13NO2. The van der Waals surface area contributed by atoms with E-state index >= 15 is 0 Å². The third kappa shape index (κ3) is 2.06. The van der Waals surface area contributed by atoms with Crippen molar-refractivity contribution in [2.24, 2.45) is 0 Å². The lowest BCUT2D eigenvalue weighted by molar-refractivity contribution is -0.119. The largest absolute Gasteiger partial charge is 0.269 e. The Morgan fingerprint density at radius 2 is 1.12 bits per heavy atom. The van der Waals surface area contributed by atoms with E-state index in [1.807, 2.05) is 30.3 Å². The molecular weight excluding hydrogens is 310 g/mol. The molecule has 0 unspecified atom stereocenters. The first-order valence-electron chi connectivity index (χ1n) is 8.12. The molecule has 3 nitrogen and oxygen atoms in total. The zero-order valence-corrected chi connectivity index (χ0v) is 13.3. The molecule has 118 valence electrons. The maximum atomic E-state index is 12.1. The highest BCUT2D eigenvalue weighted by Crippen LogP contribution is 2.33. The first kappa shape index (κ1) is 13.9. The lowest BCUT2D eigenvalue weighted by atomic mass is 9.99. The van der Waals surface area contributed by atoms with Crippen molar-refractivity contribution in [3.05, 3.63) is 78.9 Å². The average Bonchev–Trinajstić information content (AvgIpc) is 2.96. The maximum Gasteiger partial charge on any atom is 0.258 e. The van der Waals surface area contributed by atoms with Crippen LogP contribution >= 0.6 is 0 Å². The van der Waals surface area contributed by atoms with Crippen LogP contribution in [-0.2, 0) is 9.59 Å². The van der Waals surface area contributed by atoms with Crippen LogP contribution in [0.1, 0.15) is 0 Å². The van der Waals surface area contributed by atoms with E-state index in [-0.39, 0.29) is 11.8 Å². The van der Waals surface area contributed by atoms with Crippen molar-refractivity contribution in [1.29, 1.82) is 0 Å². The van der Waals surface area contributed by atoms with E-state index in [1.165, 1.54) is 27.8 Å². The first-order valence-corrected chi connectivity index (χ1v) is 8.12. The fourth-order valence-electron chi connectivity index (χ4n) is 3.53. The smallest absolute Gasteiger partial charge is 0.258 e. The fraction of sp³-hybridized carbons (Fsp3) is 0. The maximum absolute atomic E-state index is 12.1. The van der Waals surface area contributed by atoms with E-state index in [2.05, 4.69) is 36.4 Å². The molecule has 1 heterocycles. The number of nitrogens with zero attached hydrogens (tertiary/aromatic N) is 1. The number of carbonyl (C=O) groups excluding carboxylic acids is 2. The van der Waals surface area contributed by atoms with Gasteiger partial charge in [-0.15, -0.1) is 0 Å². The van der Waals surface area contributed by atoms with Crippen LogP contribution in [0.15, 0.2) is 78.9 Å². The molecule has 1 aliphatic heterocycles. The summed E-state index contributed by atoms with van der Waals surface area (Å²) in [6.45, 7) is 0. The van der Waals surface area contributed by atoms with Crippen LogP contribution in [-0.4, -0.2) is 11.8 Å². The molecule has 0 saturated carbocycles. The molecule has 0 fully saturated rings. The van der Waals surface area contributed by atoms with Crippen LogP contribution in [0.4, 0.5) is 5.69 Å². The summed E-state index contributed by atoms with van der Waals surface area (Å²) in [6, 6.07) is 22.4. The molecule has 0 saturated heterocycles. The van der Waals surface area contributed by atoms with Gasteiger partial charge in [0.15, 0.2) is 0 Å². The minimum atomic E-state index is -0.295. The molecule has 0 spiro atoms. The van der Waals surface area contributed by atoms with E-state index in [0.29, 0.717) is 5.69 Å². The highest BCUT2D eigenvalue weighted by Gasteiger charge is 2.26. The van der Waals surface area contributed by atoms with Gasteiger partial charge >= 0.3 is 0 Å². The summed E-state index contributed by atoms with van der Waals surface area (Å²) in [5.41, 5.74) is 0.632. The molecule has 0 aliphatic carbocycles. The van der Waals surface area contributed by atoms with Crippen LogP contribution < -0.4 is 4.90 Å². The second-order valence-corrected chi connectivity index (χ2v) is 6.24. The summed E-state index contributed by atoms with van der Waals surface area (Å²) in [7, 11) is 0.